The summed E-state index contributed by atoms with van der Waals surface area (Å²) in [6.45, 7) is -0.971. The van der Waals surface area contributed by atoms with Crippen LogP contribution >= 0.6 is 0 Å². The third kappa shape index (κ3) is 3.56. The van der Waals surface area contributed by atoms with Gasteiger partial charge in [-0.15, -0.1) is 0 Å². The maximum atomic E-state index is 14.3. The monoisotopic (exact) mass is 520 g/mol. The number of benzene rings is 4. The van der Waals surface area contributed by atoms with Crippen molar-refractivity contribution in [2.45, 2.75) is 17.3 Å². The third-order valence-corrected chi connectivity index (χ3v) is 8.00. The van der Waals surface area contributed by atoms with Crippen LogP contribution in [-0.4, -0.2) is 48.6 Å². The van der Waals surface area contributed by atoms with Crippen molar-refractivity contribution in [3.63, 3.8) is 0 Å². The van der Waals surface area contributed by atoms with Crippen molar-refractivity contribution in [1.29, 1.82) is 0 Å². The van der Waals surface area contributed by atoms with Crippen molar-refractivity contribution in [3.05, 3.63) is 119 Å². The molecule has 0 amide bonds. The summed E-state index contributed by atoms with van der Waals surface area (Å²) >= 11 is 0. The van der Waals surface area contributed by atoms with E-state index in [9.17, 15) is 19.8 Å². The van der Waals surface area contributed by atoms with Gasteiger partial charge in [0.2, 0.25) is 0 Å². The van der Waals surface area contributed by atoms with E-state index in [-0.39, 0.29) is 32.8 Å². The Hall–Kier alpha value is -4.26. The molecule has 0 saturated carbocycles. The van der Waals surface area contributed by atoms with Crippen LogP contribution in [-0.2, 0) is 29.9 Å². The summed E-state index contributed by atoms with van der Waals surface area (Å²) in [4.78, 5) is 28.6. The average Bonchev–Trinajstić information content (AvgIpc) is 3.44. The molecule has 4 aromatic rings. The summed E-state index contributed by atoms with van der Waals surface area (Å²) in [5.41, 5.74) is 3.81. The highest BCUT2D eigenvalue weighted by Crippen LogP contribution is 2.60. The summed E-state index contributed by atoms with van der Waals surface area (Å²) in [6.07, 6.45) is 0.0105. The molecule has 0 heterocycles. The number of hydrogen-bond donors (Lipinski definition) is 2. The molecule has 4 aromatic carbocycles. The maximum absolute atomic E-state index is 14.3. The third-order valence-electron chi connectivity index (χ3n) is 8.00. The fourth-order valence-corrected chi connectivity index (χ4v) is 6.54. The van der Waals surface area contributed by atoms with Crippen LogP contribution in [0, 0.1) is 0 Å². The molecule has 0 atom stereocenters. The van der Waals surface area contributed by atoms with Crippen LogP contribution in [0.1, 0.15) is 28.7 Å². The van der Waals surface area contributed by atoms with Crippen molar-refractivity contribution in [3.8, 4) is 22.3 Å². The minimum absolute atomic E-state index is 0.0105. The molecule has 39 heavy (non-hydrogen) atoms. The van der Waals surface area contributed by atoms with Gasteiger partial charge in [-0.2, -0.15) is 0 Å². The van der Waals surface area contributed by atoms with Crippen LogP contribution in [0.25, 0.3) is 22.3 Å². The Labute approximate surface area is 226 Å². The number of rotatable bonds is 8. The van der Waals surface area contributed by atoms with E-state index in [1.54, 1.807) is 0 Å². The van der Waals surface area contributed by atoms with E-state index < -0.39 is 22.8 Å². The molecule has 0 bridgehead atoms. The highest BCUT2D eigenvalue weighted by molar-refractivity contribution is 6.03. The molecule has 0 fully saturated rings. The second-order valence-corrected chi connectivity index (χ2v) is 9.89. The van der Waals surface area contributed by atoms with Gasteiger partial charge in [0.15, 0.2) is 0 Å². The van der Waals surface area contributed by atoms with Crippen LogP contribution in [0.3, 0.4) is 0 Å². The number of carbonyl (C=O) groups is 2. The van der Waals surface area contributed by atoms with Crippen LogP contribution in [0.5, 0.6) is 0 Å². The minimum Gasteiger partial charge on any atom is -0.462 e. The topological polar surface area (TPSA) is 93.1 Å². The number of aliphatic hydroxyl groups is 2. The average molecular weight is 521 g/mol. The molecule has 196 valence electrons. The van der Waals surface area contributed by atoms with Gasteiger partial charge in [0.25, 0.3) is 0 Å². The van der Waals surface area contributed by atoms with Crippen molar-refractivity contribution in [1.82, 2.24) is 0 Å². The zero-order valence-corrected chi connectivity index (χ0v) is 21.3. The number of ether oxygens (including phenoxy) is 2. The zero-order valence-electron chi connectivity index (χ0n) is 21.3. The van der Waals surface area contributed by atoms with E-state index >= 15 is 0 Å². The highest BCUT2D eigenvalue weighted by Gasteiger charge is 2.61. The van der Waals surface area contributed by atoms with E-state index in [0.717, 1.165) is 44.5 Å². The molecule has 6 heteroatoms. The predicted molar refractivity (Wildman–Crippen MR) is 146 cm³/mol. The smallest absolute Gasteiger partial charge is 0.321 e. The number of carbonyl (C=O) groups excluding carboxylic acids is 2. The van der Waals surface area contributed by atoms with Crippen LogP contribution in [0.2, 0.25) is 0 Å². The number of fused-ring (bicyclic) bond motifs is 6. The molecule has 2 aliphatic carbocycles. The molecular formula is C33H28O6. The first kappa shape index (κ1) is 25.0. The highest BCUT2D eigenvalue weighted by atomic mass is 16.5. The number of esters is 2. The lowest BCUT2D eigenvalue weighted by molar-refractivity contribution is -0.154. The van der Waals surface area contributed by atoms with Gasteiger partial charge < -0.3 is 19.7 Å². The molecule has 0 aromatic heterocycles. The molecule has 0 saturated heterocycles. The quantitative estimate of drug-likeness (QED) is 0.335. The van der Waals surface area contributed by atoms with E-state index in [4.69, 9.17) is 9.47 Å². The molecule has 2 N–H and O–H groups in total. The van der Waals surface area contributed by atoms with Gasteiger partial charge >= 0.3 is 11.9 Å². The first-order valence-electron chi connectivity index (χ1n) is 13.0. The Bertz CT molecular complexity index is 1360. The molecule has 0 aliphatic heterocycles. The Morgan fingerprint density at radius 2 is 0.795 bits per heavy atom. The first-order valence-corrected chi connectivity index (χ1v) is 13.0. The van der Waals surface area contributed by atoms with Gasteiger partial charge in [-0.25, -0.2) is 0 Å². The van der Waals surface area contributed by atoms with Gasteiger partial charge in [-0.05, 0) is 50.9 Å². The van der Waals surface area contributed by atoms with E-state index in [0.29, 0.717) is 0 Å². The molecular weight excluding hydrogens is 492 g/mol. The van der Waals surface area contributed by atoms with Gasteiger partial charge in [0, 0.05) is 0 Å². The molecule has 2 aliphatic rings. The summed E-state index contributed by atoms with van der Waals surface area (Å²) in [5.74, 6) is -1.07. The standard InChI is InChI=1S/C33H28O6/c34-17-19-38-30(36)32(26-13-5-1-9-22(26)23-10-2-6-14-27(23)32)21-33(31(37)39-20-18-35)28-15-7-3-11-24(28)25-12-4-8-16-29(25)33/h1-16,34-35H,17-21H2. The zero-order chi connectivity index (χ0) is 27.0. The first-order chi connectivity index (χ1) is 19.1. The van der Waals surface area contributed by atoms with Gasteiger partial charge in [-0.1, -0.05) is 97.1 Å². The number of aliphatic hydroxyl groups excluding tert-OH is 2. The molecule has 6 nitrogen and oxygen atoms in total. The van der Waals surface area contributed by atoms with E-state index in [1.807, 2.05) is 97.1 Å². The lowest BCUT2D eigenvalue weighted by Crippen LogP contribution is -2.48. The Balaban J connectivity index is 1.68. The molecule has 0 spiro atoms. The van der Waals surface area contributed by atoms with Gasteiger partial charge in [0.05, 0.1) is 13.2 Å². The fourth-order valence-electron chi connectivity index (χ4n) is 6.54. The minimum atomic E-state index is -1.37. The predicted octanol–water partition coefficient (Wildman–Crippen LogP) is 4.38. The maximum Gasteiger partial charge on any atom is 0.321 e. The van der Waals surface area contributed by atoms with Crippen molar-refractivity contribution >= 4 is 11.9 Å². The van der Waals surface area contributed by atoms with E-state index in [2.05, 4.69) is 0 Å². The second-order valence-electron chi connectivity index (χ2n) is 9.89. The van der Waals surface area contributed by atoms with Crippen molar-refractivity contribution in [2.24, 2.45) is 0 Å². The fraction of sp³-hybridized carbons (Fsp3) is 0.212. The number of hydrogen-bond acceptors (Lipinski definition) is 6. The van der Waals surface area contributed by atoms with Crippen molar-refractivity contribution in [2.75, 3.05) is 26.4 Å². The normalized spacial score (nSPS) is 15.0. The molecule has 6 rings (SSSR count). The van der Waals surface area contributed by atoms with Crippen LogP contribution < -0.4 is 0 Å². The summed E-state index contributed by atoms with van der Waals surface area (Å²) in [6, 6.07) is 30.8. The lowest BCUT2D eigenvalue weighted by atomic mass is 9.62. The summed E-state index contributed by atoms with van der Waals surface area (Å²) in [7, 11) is 0. The molecule has 0 unspecified atom stereocenters. The Kier molecular flexibility index (Phi) is 6.29. The van der Waals surface area contributed by atoms with Gasteiger partial charge in [0.1, 0.15) is 24.0 Å². The largest absolute Gasteiger partial charge is 0.462 e. The van der Waals surface area contributed by atoms with E-state index in [1.165, 1.54) is 0 Å². The molecule has 0 radical (unpaired) electrons. The summed E-state index contributed by atoms with van der Waals surface area (Å²) in [5, 5.41) is 19.1. The van der Waals surface area contributed by atoms with Crippen LogP contribution in [0.4, 0.5) is 0 Å². The lowest BCUT2D eigenvalue weighted by Gasteiger charge is -2.39. The second kappa shape index (κ2) is 9.80. The van der Waals surface area contributed by atoms with Crippen LogP contribution in [0.15, 0.2) is 97.1 Å². The SMILES string of the molecule is O=C(OCCO)C1(CC2(C(=O)OCCO)c3ccccc3-c3ccccc32)c2ccccc2-c2ccccc21. The van der Waals surface area contributed by atoms with Crippen molar-refractivity contribution < 1.29 is 29.3 Å². The summed E-state index contributed by atoms with van der Waals surface area (Å²) < 4.78 is 11.4. The van der Waals surface area contributed by atoms with Gasteiger partial charge in [-0.3, -0.25) is 9.59 Å². The Morgan fingerprint density at radius 1 is 0.513 bits per heavy atom. The Morgan fingerprint density at radius 3 is 1.08 bits per heavy atom.